The van der Waals surface area contributed by atoms with Crippen molar-refractivity contribution in [2.24, 2.45) is 4.99 Å². The molecule has 0 aliphatic carbocycles. The van der Waals surface area contributed by atoms with Gasteiger partial charge in [-0.15, -0.1) is 24.0 Å². The Morgan fingerprint density at radius 1 is 1.12 bits per heavy atom. The summed E-state index contributed by atoms with van der Waals surface area (Å²) >= 11 is 0. The molecule has 0 unspecified atom stereocenters. The molecule has 2 N–H and O–H groups in total. The second-order valence-corrected chi connectivity index (χ2v) is 6.81. The molecule has 0 radical (unpaired) electrons. The van der Waals surface area contributed by atoms with Crippen LogP contribution >= 0.6 is 24.0 Å². The van der Waals surface area contributed by atoms with Gasteiger partial charge in [0.05, 0.1) is 6.54 Å². The van der Waals surface area contributed by atoms with Crippen LogP contribution in [0.4, 0.5) is 0 Å². The number of halogens is 1. The molecule has 0 amide bonds. The number of ether oxygens (including phenoxy) is 1. The van der Waals surface area contributed by atoms with Crippen LogP contribution in [0.1, 0.15) is 38.8 Å². The number of aromatic nitrogens is 1. The Kier molecular flexibility index (Phi) is 9.40. The third-order valence-electron chi connectivity index (χ3n) is 3.31. The van der Waals surface area contributed by atoms with Gasteiger partial charge < -0.3 is 15.4 Å². The van der Waals surface area contributed by atoms with Gasteiger partial charge in [0, 0.05) is 23.8 Å². The van der Waals surface area contributed by atoms with Crippen LogP contribution < -0.4 is 15.4 Å². The Labute approximate surface area is 173 Å². The van der Waals surface area contributed by atoms with Gasteiger partial charge >= 0.3 is 0 Å². The van der Waals surface area contributed by atoms with E-state index in [-0.39, 0.29) is 29.5 Å². The molecule has 1 heterocycles. The lowest BCUT2D eigenvalue weighted by Gasteiger charge is -2.23. The van der Waals surface area contributed by atoms with E-state index in [0.29, 0.717) is 19.0 Å². The Morgan fingerprint density at radius 3 is 2.50 bits per heavy atom. The Hall–Kier alpha value is -1.83. The van der Waals surface area contributed by atoms with Crippen molar-refractivity contribution in [3.8, 4) is 5.88 Å². The molecular formula is C20H29IN4O. The minimum absolute atomic E-state index is 0. The van der Waals surface area contributed by atoms with Crippen molar-refractivity contribution in [3.05, 3.63) is 59.8 Å². The highest BCUT2D eigenvalue weighted by Gasteiger charge is 2.12. The predicted molar refractivity (Wildman–Crippen MR) is 118 cm³/mol. The summed E-state index contributed by atoms with van der Waals surface area (Å²) in [6.45, 7) is 10.2. The van der Waals surface area contributed by atoms with Crippen LogP contribution in [0.25, 0.3) is 0 Å². The molecule has 0 fully saturated rings. The summed E-state index contributed by atoms with van der Waals surface area (Å²) in [4.78, 5) is 9.02. The zero-order valence-corrected chi connectivity index (χ0v) is 18.3. The van der Waals surface area contributed by atoms with Crippen LogP contribution in [-0.2, 0) is 13.2 Å². The molecule has 142 valence electrons. The van der Waals surface area contributed by atoms with Crippen LogP contribution in [0.15, 0.2) is 53.7 Å². The molecule has 6 heteroatoms. The molecule has 0 spiro atoms. The fraction of sp³-hybridized carbons (Fsp3) is 0.400. The number of nitrogens with zero attached hydrogens (tertiary/aromatic N) is 2. The van der Waals surface area contributed by atoms with Crippen molar-refractivity contribution in [2.45, 2.75) is 46.4 Å². The Bertz CT molecular complexity index is 684. The number of hydrogen-bond donors (Lipinski definition) is 2. The maximum atomic E-state index is 5.90. The average molecular weight is 468 g/mol. The molecule has 0 aliphatic heterocycles. The summed E-state index contributed by atoms with van der Waals surface area (Å²) in [6.07, 6.45) is 1.74. The first-order chi connectivity index (χ1) is 12.0. The first kappa shape index (κ1) is 22.2. The van der Waals surface area contributed by atoms with E-state index in [1.54, 1.807) is 6.20 Å². The van der Waals surface area contributed by atoms with Crippen LogP contribution in [0.2, 0.25) is 0 Å². The van der Waals surface area contributed by atoms with Crippen LogP contribution in [-0.4, -0.2) is 23.0 Å². The minimum Gasteiger partial charge on any atom is -0.473 e. The largest absolute Gasteiger partial charge is 0.473 e. The first-order valence-electron chi connectivity index (χ1n) is 8.65. The number of pyridine rings is 1. The van der Waals surface area contributed by atoms with Crippen molar-refractivity contribution < 1.29 is 4.74 Å². The van der Waals surface area contributed by atoms with Crippen LogP contribution in [0.3, 0.4) is 0 Å². The van der Waals surface area contributed by atoms with E-state index in [0.717, 1.165) is 23.6 Å². The third kappa shape index (κ3) is 8.03. The van der Waals surface area contributed by atoms with E-state index in [9.17, 15) is 0 Å². The molecule has 1 aromatic heterocycles. The Morgan fingerprint density at radius 2 is 1.85 bits per heavy atom. The summed E-state index contributed by atoms with van der Waals surface area (Å²) in [6, 6.07) is 14.0. The van der Waals surface area contributed by atoms with Gasteiger partial charge in [-0.05, 0) is 39.3 Å². The van der Waals surface area contributed by atoms with Crippen molar-refractivity contribution in [1.29, 1.82) is 0 Å². The second kappa shape index (κ2) is 11.0. The van der Waals surface area contributed by atoms with Crippen molar-refractivity contribution in [2.75, 3.05) is 6.54 Å². The molecule has 0 aliphatic rings. The molecule has 5 nitrogen and oxygen atoms in total. The summed E-state index contributed by atoms with van der Waals surface area (Å²) in [5, 5.41) is 6.65. The number of aliphatic imine (C=N–C) groups is 1. The zero-order chi connectivity index (χ0) is 18.1. The van der Waals surface area contributed by atoms with E-state index in [2.05, 4.69) is 48.3 Å². The molecule has 0 bridgehead atoms. The molecule has 1 aromatic carbocycles. The fourth-order valence-corrected chi connectivity index (χ4v) is 2.23. The topological polar surface area (TPSA) is 58.5 Å². The minimum atomic E-state index is -0.0530. The molecular weight excluding hydrogens is 439 g/mol. The third-order valence-corrected chi connectivity index (χ3v) is 3.31. The molecule has 0 saturated heterocycles. The quantitative estimate of drug-likeness (QED) is 0.380. The van der Waals surface area contributed by atoms with Crippen LogP contribution in [0, 0.1) is 0 Å². The molecule has 26 heavy (non-hydrogen) atoms. The van der Waals surface area contributed by atoms with E-state index >= 15 is 0 Å². The van der Waals surface area contributed by atoms with Gasteiger partial charge in [0.2, 0.25) is 5.88 Å². The number of hydrogen-bond acceptors (Lipinski definition) is 3. The molecule has 0 saturated carbocycles. The number of rotatable bonds is 6. The van der Waals surface area contributed by atoms with Gasteiger partial charge in [0.1, 0.15) is 6.61 Å². The molecule has 2 rings (SSSR count). The number of nitrogens with one attached hydrogen (secondary N) is 2. The average Bonchev–Trinajstić information content (AvgIpc) is 2.58. The van der Waals surface area contributed by atoms with Crippen molar-refractivity contribution in [3.63, 3.8) is 0 Å². The lowest BCUT2D eigenvalue weighted by atomic mass is 10.1. The lowest BCUT2D eigenvalue weighted by molar-refractivity contribution is 0.290. The second-order valence-electron chi connectivity index (χ2n) is 6.81. The van der Waals surface area contributed by atoms with Crippen molar-refractivity contribution in [1.82, 2.24) is 15.6 Å². The van der Waals surface area contributed by atoms with Crippen LogP contribution in [0.5, 0.6) is 5.88 Å². The highest BCUT2D eigenvalue weighted by atomic mass is 127. The maximum Gasteiger partial charge on any atom is 0.218 e. The summed E-state index contributed by atoms with van der Waals surface area (Å²) in [5.74, 6) is 1.41. The zero-order valence-electron chi connectivity index (χ0n) is 16.0. The van der Waals surface area contributed by atoms with Gasteiger partial charge in [-0.3, -0.25) is 0 Å². The normalized spacial score (nSPS) is 11.5. The summed E-state index contributed by atoms with van der Waals surface area (Å²) in [7, 11) is 0. The predicted octanol–water partition coefficient (Wildman–Crippen LogP) is 4.13. The van der Waals surface area contributed by atoms with E-state index in [1.807, 2.05) is 42.5 Å². The SMILES string of the molecule is CCNC(=NCc1cccnc1OCc1ccccc1)NC(C)(C)C.I. The smallest absolute Gasteiger partial charge is 0.218 e. The molecule has 2 aromatic rings. The molecule has 0 atom stereocenters. The Balaban J connectivity index is 0.00000338. The van der Waals surface area contributed by atoms with Gasteiger partial charge in [0.25, 0.3) is 0 Å². The summed E-state index contributed by atoms with van der Waals surface area (Å²) in [5.41, 5.74) is 2.03. The van der Waals surface area contributed by atoms with E-state index < -0.39 is 0 Å². The van der Waals surface area contributed by atoms with E-state index in [1.165, 1.54) is 0 Å². The van der Waals surface area contributed by atoms with Gasteiger partial charge in [-0.2, -0.15) is 0 Å². The van der Waals surface area contributed by atoms with Gasteiger partial charge in [-0.25, -0.2) is 9.98 Å². The van der Waals surface area contributed by atoms with Gasteiger partial charge in [-0.1, -0.05) is 36.4 Å². The van der Waals surface area contributed by atoms with Crippen molar-refractivity contribution >= 4 is 29.9 Å². The highest BCUT2D eigenvalue weighted by Crippen LogP contribution is 2.17. The first-order valence-corrected chi connectivity index (χ1v) is 8.65. The lowest BCUT2D eigenvalue weighted by Crippen LogP contribution is -2.47. The van der Waals surface area contributed by atoms with E-state index in [4.69, 9.17) is 4.74 Å². The maximum absolute atomic E-state index is 5.90. The number of guanidine groups is 1. The van der Waals surface area contributed by atoms with Gasteiger partial charge in [0.15, 0.2) is 5.96 Å². The summed E-state index contributed by atoms with van der Waals surface area (Å²) < 4.78 is 5.90. The highest BCUT2D eigenvalue weighted by molar-refractivity contribution is 14.0. The number of benzene rings is 1. The standard InChI is InChI=1S/C20H28N4O.HI/c1-5-21-19(24-20(2,3)4)23-14-17-12-9-13-22-18(17)25-15-16-10-7-6-8-11-16;/h6-13H,5,14-15H2,1-4H3,(H2,21,23,24);1H. The monoisotopic (exact) mass is 468 g/mol. The fourth-order valence-electron chi connectivity index (χ4n) is 2.23.